The fraction of sp³-hybridized carbons (Fsp3) is 0.333. The van der Waals surface area contributed by atoms with Gasteiger partial charge in [0.15, 0.2) is 28.8 Å². The van der Waals surface area contributed by atoms with Crippen LogP contribution in [0.5, 0.6) is 0 Å². The number of carbonyl (C=O) groups is 1. The van der Waals surface area contributed by atoms with E-state index < -0.39 is 21.5 Å². The predicted octanol–water partition coefficient (Wildman–Crippen LogP) is -1.54. The van der Waals surface area contributed by atoms with Crippen molar-refractivity contribution in [3.05, 3.63) is 24.5 Å². The topological polar surface area (TPSA) is 107 Å². The summed E-state index contributed by atoms with van der Waals surface area (Å²) >= 11 is 0. The molecular weight excluding hydrogens is 230 g/mol. The number of nitrogens with two attached hydrogens (primary N) is 2. The molecule has 16 heavy (non-hydrogen) atoms. The molecule has 4 N–H and O–H groups in total. The van der Waals surface area contributed by atoms with Crippen LogP contribution in [0.15, 0.2) is 24.5 Å². The standard InChI is InChI=1S/C9H13N3O3S/c10-8-1-3-12(4-2-8)5-6-16(14,15)7-9(11)13/h1-4,10H,5-7H2,(H2,11,13)/p+1. The van der Waals surface area contributed by atoms with E-state index in [4.69, 9.17) is 11.5 Å². The van der Waals surface area contributed by atoms with Crippen molar-refractivity contribution in [3.63, 3.8) is 0 Å². The molecule has 0 aliphatic rings. The molecule has 0 fully saturated rings. The van der Waals surface area contributed by atoms with Gasteiger partial charge in [0.2, 0.25) is 5.91 Å². The van der Waals surface area contributed by atoms with E-state index in [1.807, 2.05) is 0 Å². The highest BCUT2D eigenvalue weighted by atomic mass is 32.2. The van der Waals surface area contributed by atoms with Gasteiger partial charge < -0.3 is 11.5 Å². The van der Waals surface area contributed by atoms with Crippen LogP contribution in [-0.2, 0) is 21.2 Å². The summed E-state index contributed by atoms with van der Waals surface area (Å²) in [6.45, 7) is 0.274. The number of hydrogen-bond donors (Lipinski definition) is 2. The monoisotopic (exact) mass is 244 g/mol. The molecule has 0 aliphatic heterocycles. The number of amides is 1. The van der Waals surface area contributed by atoms with E-state index in [1.165, 1.54) is 0 Å². The Labute approximate surface area is 93.8 Å². The molecule has 0 radical (unpaired) electrons. The first-order valence-corrected chi connectivity index (χ1v) is 6.44. The second-order valence-corrected chi connectivity index (χ2v) is 5.61. The molecule has 6 nitrogen and oxygen atoms in total. The number of hydrogen-bond acceptors (Lipinski definition) is 4. The van der Waals surface area contributed by atoms with Gasteiger partial charge in [0, 0.05) is 17.8 Å². The highest BCUT2D eigenvalue weighted by molar-refractivity contribution is 7.92. The van der Waals surface area contributed by atoms with Gasteiger partial charge in [-0.25, -0.2) is 13.0 Å². The molecule has 0 aliphatic carbocycles. The number of rotatable bonds is 5. The maximum absolute atomic E-state index is 11.3. The Morgan fingerprint density at radius 3 is 2.38 bits per heavy atom. The van der Waals surface area contributed by atoms with Gasteiger partial charge in [-0.05, 0) is 0 Å². The molecule has 1 aromatic rings. The van der Waals surface area contributed by atoms with Gasteiger partial charge in [-0.1, -0.05) is 0 Å². The Kier molecular flexibility index (Phi) is 3.83. The average molecular weight is 244 g/mol. The van der Waals surface area contributed by atoms with Crippen molar-refractivity contribution >= 4 is 21.4 Å². The Bertz CT molecular complexity index is 467. The molecule has 1 amide bonds. The summed E-state index contributed by atoms with van der Waals surface area (Å²) in [6, 6.07) is 3.33. The van der Waals surface area contributed by atoms with Crippen molar-refractivity contribution in [1.82, 2.24) is 0 Å². The summed E-state index contributed by atoms with van der Waals surface area (Å²) in [5, 5.41) is 0. The van der Waals surface area contributed by atoms with Gasteiger partial charge in [-0.15, -0.1) is 0 Å². The molecule has 88 valence electrons. The Balaban J connectivity index is 2.58. The van der Waals surface area contributed by atoms with Crippen molar-refractivity contribution in [2.75, 3.05) is 17.2 Å². The van der Waals surface area contributed by atoms with Crippen LogP contribution < -0.4 is 16.0 Å². The van der Waals surface area contributed by atoms with E-state index in [0.29, 0.717) is 5.69 Å². The average Bonchev–Trinajstić information content (AvgIpc) is 2.15. The number of primary amides is 1. The number of sulfone groups is 1. The lowest BCUT2D eigenvalue weighted by Gasteiger charge is -1.99. The third-order valence-electron chi connectivity index (χ3n) is 1.94. The molecule has 7 heteroatoms. The molecule has 0 spiro atoms. The van der Waals surface area contributed by atoms with Gasteiger partial charge in [0.05, 0.1) is 0 Å². The minimum Gasteiger partial charge on any atom is -0.398 e. The van der Waals surface area contributed by atoms with Crippen LogP contribution in [0.25, 0.3) is 0 Å². The van der Waals surface area contributed by atoms with Crippen molar-refractivity contribution in [2.45, 2.75) is 6.54 Å². The van der Waals surface area contributed by atoms with Crippen molar-refractivity contribution < 1.29 is 17.8 Å². The lowest BCUT2D eigenvalue weighted by Crippen LogP contribution is -2.38. The van der Waals surface area contributed by atoms with Crippen LogP contribution in [0.3, 0.4) is 0 Å². The molecule has 0 aromatic carbocycles. The van der Waals surface area contributed by atoms with Crippen LogP contribution in [0.4, 0.5) is 5.69 Å². The van der Waals surface area contributed by atoms with Crippen LogP contribution in [-0.4, -0.2) is 25.8 Å². The van der Waals surface area contributed by atoms with Gasteiger partial charge in [0.25, 0.3) is 0 Å². The van der Waals surface area contributed by atoms with E-state index in [1.54, 1.807) is 29.1 Å². The van der Waals surface area contributed by atoms with Crippen LogP contribution in [0.1, 0.15) is 0 Å². The fourth-order valence-corrected chi connectivity index (χ4v) is 2.22. The molecular formula is C9H14N3O3S+. The van der Waals surface area contributed by atoms with Gasteiger partial charge >= 0.3 is 0 Å². The van der Waals surface area contributed by atoms with Gasteiger partial charge in [0.1, 0.15) is 11.5 Å². The van der Waals surface area contributed by atoms with Gasteiger partial charge in [-0.2, -0.15) is 0 Å². The molecule has 0 atom stereocenters. The quantitative estimate of drug-likeness (QED) is 0.612. The lowest BCUT2D eigenvalue weighted by atomic mass is 10.4. The maximum Gasteiger partial charge on any atom is 0.232 e. The van der Waals surface area contributed by atoms with Crippen molar-refractivity contribution in [1.29, 1.82) is 0 Å². The normalized spacial score (nSPS) is 11.2. The number of carbonyl (C=O) groups excluding carboxylic acids is 1. The first-order chi connectivity index (χ1) is 7.39. The van der Waals surface area contributed by atoms with Gasteiger partial charge in [-0.3, -0.25) is 4.79 Å². The minimum absolute atomic E-state index is 0.121. The molecule has 1 heterocycles. The Morgan fingerprint density at radius 1 is 1.31 bits per heavy atom. The van der Waals surface area contributed by atoms with E-state index in [0.717, 1.165) is 0 Å². The van der Waals surface area contributed by atoms with E-state index in [2.05, 4.69) is 0 Å². The lowest BCUT2D eigenvalue weighted by molar-refractivity contribution is -0.692. The summed E-state index contributed by atoms with van der Waals surface area (Å²) < 4.78 is 24.4. The smallest absolute Gasteiger partial charge is 0.232 e. The number of aryl methyl sites for hydroxylation is 1. The second-order valence-electron chi connectivity index (χ2n) is 3.43. The predicted molar refractivity (Wildman–Crippen MR) is 58.9 cm³/mol. The highest BCUT2D eigenvalue weighted by Gasteiger charge is 2.16. The summed E-state index contributed by atoms with van der Waals surface area (Å²) in [4.78, 5) is 10.5. The van der Waals surface area contributed by atoms with Crippen LogP contribution >= 0.6 is 0 Å². The molecule has 1 rings (SSSR count). The second kappa shape index (κ2) is 4.93. The largest absolute Gasteiger partial charge is 0.398 e. The summed E-state index contributed by atoms with van der Waals surface area (Å²) in [6.07, 6.45) is 3.35. The third-order valence-corrected chi connectivity index (χ3v) is 3.47. The highest BCUT2D eigenvalue weighted by Crippen LogP contribution is 1.94. The first-order valence-electron chi connectivity index (χ1n) is 4.62. The summed E-state index contributed by atoms with van der Waals surface area (Å²) in [5.74, 6) is -1.56. The minimum atomic E-state index is -3.42. The summed E-state index contributed by atoms with van der Waals surface area (Å²) in [7, 11) is -3.42. The summed E-state index contributed by atoms with van der Waals surface area (Å²) in [5.41, 5.74) is 10.9. The van der Waals surface area contributed by atoms with E-state index >= 15 is 0 Å². The molecule has 0 saturated carbocycles. The first kappa shape index (κ1) is 12.4. The zero-order chi connectivity index (χ0) is 12.2. The van der Waals surface area contributed by atoms with Crippen LogP contribution in [0.2, 0.25) is 0 Å². The number of nitrogens with zero attached hydrogens (tertiary/aromatic N) is 1. The SMILES string of the molecule is NC(=O)CS(=O)(=O)CC[n+]1ccc(N)cc1. The molecule has 0 saturated heterocycles. The number of nitrogen functional groups attached to an aromatic ring is 1. The van der Waals surface area contributed by atoms with E-state index in [-0.39, 0.29) is 12.3 Å². The number of anilines is 1. The van der Waals surface area contributed by atoms with E-state index in [9.17, 15) is 13.2 Å². The third kappa shape index (κ3) is 4.26. The maximum atomic E-state index is 11.3. The number of aromatic nitrogens is 1. The molecule has 0 unspecified atom stereocenters. The number of pyridine rings is 1. The Morgan fingerprint density at radius 2 is 1.88 bits per heavy atom. The molecule has 1 aromatic heterocycles. The zero-order valence-electron chi connectivity index (χ0n) is 8.67. The molecule has 0 bridgehead atoms. The van der Waals surface area contributed by atoms with Crippen LogP contribution in [0, 0.1) is 0 Å². The van der Waals surface area contributed by atoms with Crippen molar-refractivity contribution in [2.24, 2.45) is 5.73 Å². The van der Waals surface area contributed by atoms with Crippen molar-refractivity contribution in [3.8, 4) is 0 Å². The zero-order valence-corrected chi connectivity index (χ0v) is 9.48. The Hall–Kier alpha value is -1.63. The fourth-order valence-electron chi connectivity index (χ4n) is 1.15.